The van der Waals surface area contributed by atoms with Gasteiger partial charge in [0.15, 0.2) is 5.78 Å². The van der Waals surface area contributed by atoms with Crippen LogP contribution < -0.4 is 0 Å². The molecule has 1 aromatic heterocycles. The summed E-state index contributed by atoms with van der Waals surface area (Å²) < 4.78 is 0. The van der Waals surface area contributed by atoms with E-state index in [-0.39, 0.29) is 11.7 Å². The summed E-state index contributed by atoms with van der Waals surface area (Å²) in [4.78, 5) is 16.7. The number of nitrogens with zero attached hydrogens (tertiary/aromatic N) is 1. The van der Waals surface area contributed by atoms with Crippen LogP contribution in [0.4, 0.5) is 0 Å². The van der Waals surface area contributed by atoms with Gasteiger partial charge in [0.25, 0.3) is 0 Å². The molecule has 0 radical (unpaired) electrons. The van der Waals surface area contributed by atoms with Crippen LogP contribution in [0.3, 0.4) is 0 Å². The van der Waals surface area contributed by atoms with Gasteiger partial charge in [-0.25, -0.2) is 0 Å². The zero-order chi connectivity index (χ0) is 12.4. The lowest BCUT2D eigenvalue weighted by atomic mass is 9.79. The van der Waals surface area contributed by atoms with Crippen molar-refractivity contribution in [1.29, 1.82) is 0 Å². The highest BCUT2D eigenvalue weighted by Crippen LogP contribution is 2.31. The van der Waals surface area contributed by atoms with Gasteiger partial charge in [0.2, 0.25) is 0 Å². The fourth-order valence-electron chi connectivity index (χ4n) is 2.84. The van der Waals surface area contributed by atoms with Gasteiger partial charge in [-0.3, -0.25) is 9.78 Å². The van der Waals surface area contributed by atoms with E-state index in [4.69, 9.17) is 0 Å². The first-order valence-corrected chi connectivity index (χ1v) is 6.55. The number of hydrogen-bond acceptors (Lipinski definition) is 2. The molecule has 1 aliphatic rings. The molecule has 2 atom stereocenters. The second-order valence-corrected chi connectivity index (χ2v) is 5.51. The lowest BCUT2D eigenvalue weighted by Gasteiger charge is -2.25. The van der Waals surface area contributed by atoms with Crippen molar-refractivity contribution in [3.05, 3.63) is 29.1 Å². The molecule has 1 saturated carbocycles. The zero-order valence-corrected chi connectivity index (χ0v) is 11.0. The molecule has 1 aromatic rings. The van der Waals surface area contributed by atoms with E-state index in [1.807, 2.05) is 19.9 Å². The van der Waals surface area contributed by atoms with Crippen molar-refractivity contribution in [2.24, 2.45) is 11.8 Å². The summed E-state index contributed by atoms with van der Waals surface area (Å²) in [6.07, 6.45) is 6.32. The molecule has 2 nitrogen and oxygen atoms in total. The van der Waals surface area contributed by atoms with Crippen molar-refractivity contribution >= 4 is 5.78 Å². The molecule has 1 aliphatic carbocycles. The van der Waals surface area contributed by atoms with Crippen molar-refractivity contribution in [2.75, 3.05) is 0 Å². The van der Waals surface area contributed by atoms with Crippen LogP contribution in [-0.2, 0) is 0 Å². The van der Waals surface area contributed by atoms with Gasteiger partial charge in [0, 0.05) is 12.1 Å². The molecule has 0 N–H and O–H groups in total. The van der Waals surface area contributed by atoms with Crippen molar-refractivity contribution < 1.29 is 4.79 Å². The average Bonchev–Trinajstić information content (AvgIpc) is 2.28. The largest absolute Gasteiger partial charge is 0.292 e. The minimum atomic E-state index is 0.202. The maximum absolute atomic E-state index is 12.4. The van der Waals surface area contributed by atoms with Crippen LogP contribution in [0.25, 0.3) is 0 Å². The van der Waals surface area contributed by atoms with Crippen molar-refractivity contribution in [2.45, 2.75) is 46.5 Å². The molecule has 1 fully saturated rings. The van der Waals surface area contributed by atoms with Crippen molar-refractivity contribution in [1.82, 2.24) is 4.98 Å². The number of Topliss-reactive ketones (excluding diaryl/α,β-unsaturated/α-hetero) is 1. The quantitative estimate of drug-likeness (QED) is 0.726. The standard InChI is InChI=1S/C15H21NO/c1-10-5-4-6-13(8-10)15(17)14-12(3)7-11(2)9-16-14/h7,9-10,13H,4-6,8H2,1-3H3. The molecule has 1 heterocycles. The molecule has 2 unspecified atom stereocenters. The summed E-state index contributed by atoms with van der Waals surface area (Å²) in [6, 6.07) is 2.05. The third-order valence-corrected chi connectivity index (χ3v) is 3.76. The zero-order valence-electron chi connectivity index (χ0n) is 11.0. The monoisotopic (exact) mass is 231 g/mol. The SMILES string of the molecule is Cc1cnc(C(=O)C2CCCC(C)C2)c(C)c1. The van der Waals surface area contributed by atoms with Gasteiger partial charge in [0.05, 0.1) is 0 Å². The summed E-state index contributed by atoms with van der Waals surface area (Å²) >= 11 is 0. The van der Waals surface area contributed by atoms with E-state index < -0.39 is 0 Å². The Morgan fingerprint density at radius 2 is 2.12 bits per heavy atom. The lowest BCUT2D eigenvalue weighted by Crippen LogP contribution is -2.23. The fraction of sp³-hybridized carbons (Fsp3) is 0.600. The van der Waals surface area contributed by atoms with E-state index in [9.17, 15) is 4.79 Å². The highest BCUT2D eigenvalue weighted by atomic mass is 16.1. The number of carbonyl (C=O) groups is 1. The first kappa shape index (κ1) is 12.3. The van der Waals surface area contributed by atoms with Crippen LogP contribution in [0, 0.1) is 25.7 Å². The highest BCUT2D eigenvalue weighted by molar-refractivity contribution is 5.97. The van der Waals surface area contributed by atoms with Gasteiger partial charge in [0.1, 0.15) is 5.69 Å². The van der Waals surface area contributed by atoms with Gasteiger partial charge >= 0.3 is 0 Å². The number of hydrogen-bond donors (Lipinski definition) is 0. The Balaban J connectivity index is 2.18. The Hall–Kier alpha value is -1.18. The molecule has 0 saturated heterocycles. The first-order valence-electron chi connectivity index (χ1n) is 6.55. The number of pyridine rings is 1. The Bertz CT molecular complexity index is 425. The maximum Gasteiger partial charge on any atom is 0.184 e. The molecule has 17 heavy (non-hydrogen) atoms. The van der Waals surface area contributed by atoms with Crippen LogP contribution in [0.2, 0.25) is 0 Å². The van der Waals surface area contributed by atoms with E-state index in [1.165, 1.54) is 12.8 Å². The van der Waals surface area contributed by atoms with E-state index in [1.54, 1.807) is 6.20 Å². The molecule has 0 bridgehead atoms. The Morgan fingerprint density at radius 3 is 2.76 bits per heavy atom. The van der Waals surface area contributed by atoms with Gasteiger partial charge in [-0.1, -0.05) is 25.8 Å². The van der Waals surface area contributed by atoms with E-state index in [0.29, 0.717) is 11.6 Å². The van der Waals surface area contributed by atoms with Gasteiger partial charge in [-0.05, 0) is 43.7 Å². The van der Waals surface area contributed by atoms with Crippen LogP contribution in [0.5, 0.6) is 0 Å². The van der Waals surface area contributed by atoms with E-state index in [2.05, 4.69) is 11.9 Å². The molecule has 2 rings (SSSR count). The van der Waals surface area contributed by atoms with Crippen LogP contribution in [0.15, 0.2) is 12.3 Å². The summed E-state index contributed by atoms with van der Waals surface area (Å²) in [5, 5.41) is 0. The van der Waals surface area contributed by atoms with E-state index >= 15 is 0 Å². The minimum absolute atomic E-state index is 0.202. The molecule has 0 amide bonds. The third kappa shape index (κ3) is 2.74. The Kier molecular flexibility index (Phi) is 3.60. The van der Waals surface area contributed by atoms with Crippen LogP contribution in [-0.4, -0.2) is 10.8 Å². The van der Waals surface area contributed by atoms with Gasteiger partial charge in [-0.15, -0.1) is 0 Å². The molecule has 92 valence electrons. The Morgan fingerprint density at radius 1 is 1.35 bits per heavy atom. The average molecular weight is 231 g/mol. The highest BCUT2D eigenvalue weighted by Gasteiger charge is 2.27. The topological polar surface area (TPSA) is 30.0 Å². The molecule has 0 spiro atoms. The van der Waals surface area contributed by atoms with Crippen molar-refractivity contribution in [3.8, 4) is 0 Å². The summed E-state index contributed by atoms with van der Waals surface area (Å²) in [5.74, 6) is 1.14. The number of aromatic nitrogens is 1. The summed E-state index contributed by atoms with van der Waals surface area (Å²) in [7, 11) is 0. The fourth-order valence-corrected chi connectivity index (χ4v) is 2.84. The lowest BCUT2D eigenvalue weighted by molar-refractivity contribution is 0.0862. The van der Waals surface area contributed by atoms with Gasteiger partial charge in [-0.2, -0.15) is 0 Å². The molecule has 2 heteroatoms. The number of aryl methyl sites for hydroxylation is 2. The maximum atomic E-state index is 12.4. The smallest absolute Gasteiger partial charge is 0.184 e. The predicted molar refractivity (Wildman–Crippen MR) is 69.2 cm³/mol. The summed E-state index contributed by atoms with van der Waals surface area (Å²) in [6.45, 7) is 6.24. The Labute approximate surface area is 103 Å². The number of ketones is 1. The predicted octanol–water partition coefficient (Wildman–Crippen LogP) is 3.71. The van der Waals surface area contributed by atoms with Gasteiger partial charge < -0.3 is 0 Å². The molecular weight excluding hydrogens is 210 g/mol. The van der Waals surface area contributed by atoms with E-state index in [0.717, 1.165) is 24.0 Å². The van der Waals surface area contributed by atoms with Crippen LogP contribution >= 0.6 is 0 Å². The minimum Gasteiger partial charge on any atom is -0.292 e. The summed E-state index contributed by atoms with van der Waals surface area (Å²) in [5.41, 5.74) is 2.83. The normalized spacial score (nSPS) is 24.6. The van der Waals surface area contributed by atoms with Crippen molar-refractivity contribution in [3.63, 3.8) is 0 Å². The molecule has 0 aromatic carbocycles. The first-order chi connectivity index (χ1) is 8.08. The van der Waals surface area contributed by atoms with Crippen LogP contribution in [0.1, 0.15) is 54.2 Å². The molecular formula is C15H21NO. The second kappa shape index (κ2) is 4.99. The molecule has 0 aliphatic heterocycles. The second-order valence-electron chi connectivity index (χ2n) is 5.51. The third-order valence-electron chi connectivity index (χ3n) is 3.76. The number of carbonyl (C=O) groups excluding carboxylic acids is 1. The number of rotatable bonds is 2.